The summed E-state index contributed by atoms with van der Waals surface area (Å²) < 4.78 is 5.07. The molecule has 1 unspecified atom stereocenters. The Bertz CT molecular complexity index is 60.2. The molecule has 0 aromatic rings. The zero-order valence-electron chi connectivity index (χ0n) is 5.71. The van der Waals surface area contributed by atoms with Crippen LogP contribution in [0.15, 0.2) is 0 Å². The van der Waals surface area contributed by atoms with E-state index in [2.05, 4.69) is 0 Å². The lowest BCUT2D eigenvalue weighted by molar-refractivity contribution is 0.107. The summed E-state index contributed by atoms with van der Waals surface area (Å²) in [6.45, 7) is 2.52. The van der Waals surface area contributed by atoms with Gasteiger partial charge in [-0.3, -0.25) is 0 Å². The lowest BCUT2D eigenvalue weighted by Gasteiger charge is -2.04. The molecule has 4 heteroatoms. The van der Waals surface area contributed by atoms with Crippen molar-refractivity contribution in [2.45, 2.75) is 19.1 Å². The quantitative estimate of drug-likeness (QED) is 0.385. The van der Waals surface area contributed by atoms with Crippen LogP contribution in [0.5, 0.6) is 0 Å². The number of aliphatic hydroxyl groups is 2. The van der Waals surface area contributed by atoms with Gasteiger partial charge in [-0.25, -0.2) is 0 Å². The summed E-state index contributed by atoms with van der Waals surface area (Å²) in [4.78, 5) is 0. The molecule has 0 radical (unpaired) electrons. The minimum absolute atomic E-state index is 0.139. The molecule has 0 aliphatic rings. The predicted octanol–water partition coefficient (Wildman–Crippen LogP) is -1.12. The highest BCUT2D eigenvalue weighted by molar-refractivity contribution is 6.27. The van der Waals surface area contributed by atoms with Crippen molar-refractivity contribution in [3.63, 3.8) is 0 Å². The van der Waals surface area contributed by atoms with Gasteiger partial charge in [0.05, 0.1) is 12.7 Å². The molecule has 0 aromatic carbocycles. The average molecular weight is 150 g/mol. The van der Waals surface area contributed by atoms with Gasteiger partial charge in [0, 0.05) is 6.61 Å². The zero-order valence-corrected chi connectivity index (χ0v) is 7.12. The maximum atomic E-state index is 8.79. The van der Waals surface area contributed by atoms with E-state index < -0.39 is 15.9 Å². The van der Waals surface area contributed by atoms with E-state index in [1.54, 1.807) is 0 Å². The summed E-state index contributed by atoms with van der Waals surface area (Å²) >= 11 is 0. The van der Waals surface area contributed by atoms with E-state index in [0.717, 1.165) is 6.61 Å². The molecule has 0 aliphatic carbocycles. The van der Waals surface area contributed by atoms with Gasteiger partial charge < -0.3 is 14.6 Å². The van der Waals surface area contributed by atoms with Crippen LogP contribution in [-0.2, 0) is 4.43 Å². The van der Waals surface area contributed by atoms with Crippen LogP contribution in [0.2, 0.25) is 6.04 Å². The first-order valence-corrected chi connectivity index (χ1v) is 4.75. The van der Waals surface area contributed by atoms with Crippen molar-refractivity contribution in [1.29, 1.82) is 0 Å². The molecule has 0 bridgehead atoms. The van der Waals surface area contributed by atoms with Gasteiger partial charge >= 0.3 is 0 Å². The maximum absolute atomic E-state index is 8.79. The van der Waals surface area contributed by atoms with E-state index in [1.165, 1.54) is 0 Å². The summed E-state index contributed by atoms with van der Waals surface area (Å²) in [6, 6.07) is 0.657. The molecule has 0 spiro atoms. The van der Waals surface area contributed by atoms with Crippen molar-refractivity contribution >= 4 is 9.76 Å². The van der Waals surface area contributed by atoms with E-state index >= 15 is 0 Å². The highest BCUT2D eigenvalue weighted by atomic mass is 28.2. The van der Waals surface area contributed by atoms with Crippen LogP contribution < -0.4 is 0 Å². The molecule has 1 atom stereocenters. The van der Waals surface area contributed by atoms with Crippen molar-refractivity contribution in [2.75, 3.05) is 13.2 Å². The largest absolute Gasteiger partial charge is 0.424 e. The third-order valence-corrected chi connectivity index (χ3v) is 2.61. The highest BCUT2D eigenvalue weighted by Gasteiger charge is 2.00. The first-order chi connectivity index (χ1) is 4.31. The van der Waals surface area contributed by atoms with E-state index in [4.69, 9.17) is 14.6 Å². The van der Waals surface area contributed by atoms with Crippen molar-refractivity contribution in [1.82, 2.24) is 0 Å². The SMILES string of the molecule is CCO[SiH2]CC(O)CO. The molecule has 0 amide bonds. The molecule has 3 nitrogen and oxygen atoms in total. The lowest BCUT2D eigenvalue weighted by atomic mass is 10.4. The van der Waals surface area contributed by atoms with Crippen LogP contribution >= 0.6 is 0 Å². The molecule has 0 aromatic heterocycles. The van der Waals surface area contributed by atoms with Crippen molar-refractivity contribution in [3.05, 3.63) is 0 Å². The Morgan fingerprint density at radius 1 is 1.67 bits per heavy atom. The maximum Gasteiger partial charge on any atom is 0.164 e. The molecule has 2 N–H and O–H groups in total. The summed E-state index contributed by atoms with van der Waals surface area (Å²) in [6.07, 6.45) is -0.553. The molecule has 0 aliphatic heterocycles. The van der Waals surface area contributed by atoms with E-state index in [-0.39, 0.29) is 6.61 Å². The standard InChI is InChI=1S/C5H14O3Si/c1-2-8-9-4-5(7)3-6/h5-7H,2-4,9H2,1H3. The van der Waals surface area contributed by atoms with Crippen LogP contribution in [0.4, 0.5) is 0 Å². The predicted molar refractivity (Wildman–Crippen MR) is 38.1 cm³/mol. The minimum atomic E-state index is -0.557. The molecule has 9 heavy (non-hydrogen) atoms. The van der Waals surface area contributed by atoms with E-state index in [0.29, 0.717) is 6.04 Å². The second kappa shape index (κ2) is 6.22. The number of hydrogen-bond donors (Lipinski definition) is 2. The summed E-state index contributed by atoms with van der Waals surface area (Å²) in [5, 5.41) is 17.1. The third-order valence-electron chi connectivity index (χ3n) is 1.01. The van der Waals surface area contributed by atoms with Gasteiger partial charge in [-0.1, -0.05) is 0 Å². The average Bonchev–Trinajstić information content (AvgIpc) is 1.89. The molecule has 0 rings (SSSR count). The number of rotatable bonds is 5. The van der Waals surface area contributed by atoms with Crippen LogP contribution in [0.3, 0.4) is 0 Å². The van der Waals surface area contributed by atoms with Gasteiger partial charge in [0.2, 0.25) is 0 Å². The summed E-state index contributed by atoms with van der Waals surface area (Å²) in [5.41, 5.74) is 0. The number of aliphatic hydroxyl groups excluding tert-OH is 2. The molecule has 0 saturated heterocycles. The fourth-order valence-corrected chi connectivity index (χ4v) is 1.36. The third kappa shape index (κ3) is 5.98. The topological polar surface area (TPSA) is 49.7 Å². The Morgan fingerprint density at radius 2 is 2.33 bits per heavy atom. The van der Waals surface area contributed by atoms with Gasteiger partial charge in [-0.2, -0.15) is 0 Å². The Labute approximate surface area is 57.6 Å². The molecule has 0 saturated carbocycles. The molecule has 56 valence electrons. The van der Waals surface area contributed by atoms with Gasteiger partial charge in [0.15, 0.2) is 9.76 Å². The van der Waals surface area contributed by atoms with Crippen LogP contribution in [0, 0.1) is 0 Å². The molecular formula is C5H14O3Si. The Kier molecular flexibility index (Phi) is 6.29. The molecule has 0 heterocycles. The second-order valence-corrected chi connectivity index (χ2v) is 3.22. The van der Waals surface area contributed by atoms with Crippen molar-refractivity contribution in [2.24, 2.45) is 0 Å². The van der Waals surface area contributed by atoms with Crippen LogP contribution in [0.1, 0.15) is 6.92 Å². The van der Waals surface area contributed by atoms with E-state index in [1.807, 2.05) is 6.92 Å². The first kappa shape index (κ1) is 9.10. The van der Waals surface area contributed by atoms with Crippen molar-refractivity contribution in [3.8, 4) is 0 Å². The Morgan fingerprint density at radius 3 is 2.78 bits per heavy atom. The van der Waals surface area contributed by atoms with Gasteiger partial charge in [0.1, 0.15) is 0 Å². The fraction of sp³-hybridized carbons (Fsp3) is 1.00. The first-order valence-electron chi connectivity index (χ1n) is 3.18. The Hall–Kier alpha value is 0.0969. The van der Waals surface area contributed by atoms with Crippen LogP contribution in [0.25, 0.3) is 0 Å². The van der Waals surface area contributed by atoms with Crippen molar-refractivity contribution < 1.29 is 14.6 Å². The minimum Gasteiger partial charge on any atom is -0.424 e. The Balaban J connectivity index is 2.88. The van der Waals surface area contributed by atoms with Gasteiger partial charge in [-0.15, -0.1) is 0 Å². The van der Waals surface area contributed by atoms with Gasteiger partial charge in [-0.05, 0) is 13.0 Å². The summed E-state index contributed by atoms with van der Waals surface area (Å²) in [7, 11) is -0.557. The molecular weight excluding hydrogens is 136 g/mol. The second-order valence-electron chi connectivity index (χ2n) is 1.82. The number of hydrogen-bond acceptors (Lipinski definition) is 3. The van der Waals surface area contributed by atoms with Gasteiger partial charge in [0.25, 0.3) is 0 Å². The normalized spacial score (nSPS) is 15.0. The lowest BCUT2D eigenvalue weighted by Crippen LogP contribution is -2.15. The summed E-state index contributed by atoms with van der Waals surface area (Å²) in [5.74, 6) is 0. The van der Waals surface area contributed by atoms with Crippen LogP contribution in [-0.4, -0.2) is 39.3 Å². The monoisotopic (exact) mass is 150 g/mol. The van der Waals surface area contributed by atoms with E-state index in [9.17, 15) is 0 Å². The zero-order chi connectivity index (χ0) is 7.11. The smallest absolute Gasteiger partial charge is 0.164 e. The highest BCUT2D eigenvalue weighted by Crippen LogP contribution is 1.88. The molecule has 0 fully saturated rings. The fourth-order valence-electron chi connectivity index (χ4n) is 0.455.